The maximum absolute atomic E-state index is 6.86. The van der Waals surface area contributed by atoms with Gasteiger partial charge in [0.25, 0.3) is 0 Å². The summed E-state index contributed by atoms with van der Waals surface area (Å²) in [5, 5.41) is 2.38. The van der Waals surface area contributed by atoms with Crippen LogP contribution in [0.5, 0.6) is 5.75 Å². The molecule has 2 aliphatic heterocycles. The van der Waals surface area contributed by atoms with Crippen LogP contribution in [0.1, 0.15) is 23.0 Å². The average Bonchev–Trinajstić information content (AvgIpc) is 3.10. The minimum Gasteiger partial charge on any atom is -0.497 e. The van der Waals surface area contributed by atoms with Crippen LogP contribution in [0.25, 0.3) is 10.8 Å². The minimum absolute atomic E-state index is 0.334. The first-order chi connectivity index (χ1) is 22.2. The van der Waals surface area contributed by atoms with E-state index in [4.69, 9.17) is 28.4 Å². The van der Waals surface area contributed by atoms with Gasteiger partial charge in [-0.2, -0.15) is 0 Å². The Morgan fingerprint density at radius 2 is 1.36 bits per heavy atom. The van der Waals surface area contributed by atoms with E-state index in [1.807, 2.05) is 60.7 Å². The minimum atomic E-state index is -0.569. The molecule has 0 radical (unpaired) electrons. The lowest BCUT2D eigenvalue weighted by Gasteiger charge is -2.49. The fraction of sp³-hybridized carbons (Fsp3) is 0.263. The summed E-state index contributed by atoms with van der Waals surface area (Å²) in [7, 11) is 1.66. The van der Waals surface area contributed by atoms with Crippen LogP contribution in [0.3, 0.4) is 0 Å². The first-order valence-corrected chi connectivity index (χ1v) is 16.1. The maximum atomic E-state index is 6.86. The third-order valence-corrected chi connectivity index (χ3v) is 9.36. The fourth-order valence-corrected chi connectivity index (χ4v) is 7.01. The van der Waals surface area contributed by atoms with Crippen molar-refractivity contribution in [1.29, 1.82) is 0 Å². The summed E-state index contributed by atoms with van der Waals surface area (Å²) in [5.74, 6) is 0.778. The van der Waals surface area contributed by atoms with E-state index >= 15 is 0 Å². The Labute approximate surface area is 268 Å². The molecule has 45 heavy (non-hydrogen) atoms. The largest absolute Gasteiger partial charge is 0.497 e. The summed E-state index contributed by atoms with van der Waals surface area (Å²) in [6, 6.07) is 43.1. The van der Waals surface area contributed by atoms with Gasteiger partial charge in [0, 0.05) is 10.5 Å². The summed E-state index contributed by atoms with van der Waals surface area (Å²) < 4.78 is 38.6. The van der Waals surface area contributed by atoms with Crippen LogP contribution < -0.4 is 4.74 Å². The van der Waals surface area contributed by atoms with Gasteiger partial charge in [-0.25, -0.2) is 0 Å². The Hall–Kier alpha value is -3.69. The number of hydrogen-bond acceptors (Lipinski definition) is 7. The molecule has 7 rings (SSSR count). The zero-order chi connectivity index (χ0) is 30.4. The number of fused-ring (bicyclic) bond motifs is 2. The van der Waals surface area contributed by atoms with Crippen LogP contribution in [-0.4, -0.2) is 43.6 Å². The van der Waals surface area contributed by atoms with Gasteiger partial charge in [0.2, 0.25) is 0 Å². The molecule has 0 saturated carbocycles. The molecule has 230 valence electrons. The van der Waals surface area contributed by atoms with Crippen LogP contribution in [0.15, 0.2) is 132 Å². The summed E-state index contributed by atoms with van der Waals surface area (Å²) in [5.41, 5.74) is 2.73. The monoisotopic (exact) mass is 620 g/mol. The van der Waals surface area contributed by atoms with Crippen LogP contribution >= 0.6 is 11.8 Å². The van der Waals surface area contributed by atoms with Crippen LogP contribution in [0, 0.1) is 0 Å². The van der Waals surface area contributed by atoms with Crippen molar-refractivity contribution in [2.75, 3.05) is 13.7 Å². The number of benzene rings is 5. The molecule has 0 bridgehead atoms. The van der Waals surface area contributed by atoms with Crippen molar-refractivity contribution in [3.05, 3.63) is 144 Å². The molecule has 2 aliphatic rings. The number of thioether (sulfide) groups is 1. The van der Waals surface area contributed by atoms with Gasteiger partial charge in [-0.3, -0.25) is 0 Å². The quantitative estimate of drug-likeness (QED) is 0.157. The van der Waals surface area contributed by atoms with Crippen molar-refractivity contribution >= 4 is 22.5 Å². The number of hydrogen-bond donors (Lipinski definition) is 0. The van der Waals surface area contributed by atoms with Crippen molar-refractivity contribution in [2.24, 2.45) is 0 Å². The van der Waals surface area contributed by atoms with E-state index in [0.29, 0.717) is 19.8 Å². The van der Waals surface area contributed by atoms with E-state index in [1.54, 1.807) is 18.9 Å². The Morgan fingerprint density at radius 1 is 0.667 bits per heavy atom. The lowest BCUT2D eigenvalue weighted by Crippen LogP contribution is -2.62. The summed E-state index contributed by atoms with van der Waals surface area (Å²) in [6.45, 7) is 1.20. The van der Waals surface area contributed by atoms with Crippen molar-refractivity contribution in [3.8, 4) is 5.75 Å². The predicted octanol–water partition coefficient (Wildman–Crippen LogP) is 7.95. The molecule has 2 fully saturated rings. The fourth-order valence-electron chi connectivity index (χ4n) is 5.86. The van der Waals surface area contributed by atoms with Gasteiger partial charge in [0.05, 0.1) is 26.9 Å². The molecule has 5 aromatic carbocycles. The molecule has 6 atom stereocenters. The Bertz CT molecular complexity index is 1670. The molecule has 0 amide bonds. The zero-order valence-electron chi connectivity index (χ0n) is 25.1. The summed E-state index contributed by atoms with van der Waals surface area (Å²) in [4.78, 5) is 1.09. The van der Waals surface area contributed by atoms with Gasteiger partial charge >= 0.3 is 0 Å². The number of ether oxygens (including phenoxy) is 6. The van der Waals surface area contributed by atoms with E-state index in [2.05, 4.69) is 66.7 Å². The number of methoxy groups -OCH3 is 1. The maximum Gasteiger partial charge on any atom is 0.184 e. The van der Waals surface area contributed by atoms with Crippen molar-refractivity contribution < 1.29 is 28.4 Å². The third kappa shape index (κ3) is 7.10. The lowest BCUT2D eigenvalue weighted by atomic mass is 9.98. The molecule has 6 nitrogen and oxygen atoms in total. The van der Waals surface area contributed by atoms with E-state index in [0.717, 1.165) is 27.3 Å². The normalized spacial score (nSPS) is 24.6. The topological polar surface area (TPSA) is 55.4 Å². The van der Waals surface area contributed by atoms with Crippen LogP contribution in [0.4, 0.5) is 0 Å². The van der Waals surface area contributed by atoms with Crippen molar-refractivity contribution in [3.63, 3.8) is 0 Å². The van der Waals surface area contributed by atoms with Gasteiger partial charge in [-0.1, -0.05) is 109 Å². The second-order valence-corrected chi connectivity index (χ2v) is 12.4. The molecule has 5 aromatic rings. The van der Waals surface area contributed by atoms with E-state index in [9.17, 15) is 0 Å². The Kier molecular flexibility index (Phi) is 9.44. The molecule has 0 unspecified atom stereocenters. The molecule has 2 heterocycles. The van der Waals surface area contributed by atoms with Gasteiger partial charge in [0.1, 0.15) is 35.6 Å². The highest BCUT2D eigenvalue weighted by atomic mass is 32.2. The molecule has 2 saturated heterocycles. The second-order valence-electron chi connectivity index (χ2n) is 11.2. The molecule has 0 spiro atoms. The summed E-state index contributed by atoms with van der Waals surface area (Å²) in [6.07, 6.45) is -2.17. The van der Waals surface area contributed by atoms with Crippen LogP contribution in [-0.2, 0) is 36.9 Å². The highest BCUT2D eigenvalue weighted by Crippen LogP contribution is 2.42. The lowest BCUT2D eigenvalue weighted by molar-refractivity contribution is -0.329. The molecule has 0 aliphatic carbocycles. The van der Waals surface area contributed by atoms with Crippen molar-refractivity contribution in [1.82, 2.24) is 0 Å². The predicted molar refractivity (Wildman–Crippen MR) is 175 cm³/mol. The summed E-state index contributed by atoms with van der Waals surface area (Å²) >= 11 is 1.64. The van der Waals surface area contributed by atoms with Crippen molar-refractivity contribution in [2.45, 2.75) is 54.3 Å². The average molecular weight is 621 g/mol. The SMILES string of the molecule is COc1ccc([C@@H]2OC[C@H]3O[C@H](Sc4ccccc4)[C@@H](OCc4ccccc4)[C@@H](OCc4ccc5ccccc5c4)[C@@H]3O2)cc1. The first kappa shape index (κ1) is 30.0. The zero-order valence-corrected chi connectivity index (χ0v) is 25.9. The first-order valence-electron chi connectivity index (χ1n) is 15.3. The van der Waals surface area contributed by atoms with E-state index in [-0.39, 0.29) is 11.5 Å². The molecular formula is C38H36O6S. The second kappa shape index (κ2) is 14.2. The highest BCUT2D eigenvalue weighted by Gasteiger charge is 2.51. The van der Waals surface area contributed by atoms with Gasteiger partial charge in [-0.05, 0) is 52.2 Å². The molecular weight excluding hydrogens is 584 g/mol. The molecule has 0 N–H and O–H groups in total. The van der Waals surface area contributed by atoms with Crippen LogP contribution in [0.2, 0.25) is 0 Å². The highest BCUT2D eigenvalue weighted by molar-refractivity contribution is 7.99. The van der Waals surface area contributed by atoms with Gasteiger partial charge in [-0.15, -0.1) is 0 Å². The van der Waals surface area contributed by atoms with E-state index in [1.165, 1.54) is 10.8 Å². The Balaban J connectivity index is 1.20. The smallest absolute Gasteiger partial charge is 0.184 e. The molecule has 0 aromatic heterocycles. The standard InChI is InChI=1S/C38H36O6S/c1-39-31-20-18-29(19-21-31)37-42-25-33-34(44-37)35(40-24-27-16-17-28-12-8-9-13-30(28)22-27)36(41-23-26-10-4-2-5-11-26)38(43-33)45-32-14-6-3-7-15-32/h2-22,33-38H,23-25H2,1H3/t33-,34-,35+,36+,37-,38-/m1/s1. The van der Waals surface area contributed by atoms with Gasteiger partial charge in [0.15, 0.2) is 6.29 Å². The number of rotatable bonds is 10. The molecule has 7 heteroatoms. The third-order valence-electron chi connectivity index (χ3n) is 8.21. The van der Waals surface area contributed by atoms with Gasteiger partial charge < -0.3 is 28.4 Å². The van der Waals surface area contributed by atoms with E-state index < -0.39 is 24.6 Å². The Morgan fingerprint density at radius 3 is 2.13 bits per heavy atom.